The summed E-state index contributed by atoms with van der Waals surface area (Å²) in [5.74, 6) is -3.56. The molecule has 1 N–H and O–H groups in total. The number of hydrogen-bond donors (Lipinski definition) is 1. The van der Waals surface area contributed by atoms with Crippen molar-refractivity contribution in [2.75, 3.05) is 6.61 Å². The van der Waals surface area contributed by atoms with E-state index in [9.17, 15) is 29.1 Å². The number of aliphatic carboxylic acids is 1. The fraction of sp³-hybridized carbons (Fsp3) is 0.450. The second-order valence-corrected chi connectivity index (χ2v) is 7.88. The summed E-state index contributed by atoms with van der Waals surface area (Å²) in [5.41, 5.74) is -1.29. The van der Waals surface area contributed by atoms with Gasteiger partial charge in [0.25, 0.3) is 11.8 Å². The van der Waals surface area contributed by atoms with Gasteiger partial charge in [0.15, 0.2) is 5.78 Å². The van der Waals surface area contributed by atoms with Crippen molar-refractivity contribution in [3.8, 4) is 0 Å². The van der Waals surface area contributed by atoms with Gasteiger partial charge >= 0.3 is 5.97 Å². The lowest BCUT2D eigenvalue weighted by Crippen LogP contribution is -2.73. The van der Waals surface area contributed by atoms with Crippen LogP contribution in [0.3, 0.4) is 0 Å². The zero-order valence-corrected chi connectivity index (χ0v) is 16.6. The van der Waals surface area contributed by atoms with Gasteiger partial charge in [-0.15, -0.1) is 0 Å². The Morgan fingerprint density at radius 3 is 2.33 bits per heavy atom. The van der Waals surface area contributed by atoms with Crippen molar-refractivity contribution in [2.45, 2.75) is 49.4 Å². The highest BCUT2D eigenvalue weighted by molar-refractivity contribution is 6.31. The highest BCUT2D eigenvalue weighted by Crippen LogP contribution is 2.37. The lowest BCUT2D eigenvalue weighted by atomic mass is 9.88. The number of carboxylic acids is 1. The van der Waals surface area contributed by atoms with Crippen LogP contribution in [0.1, 0.15) is 46.4 Å². The third-order valence-electron chi connectivity index (χ3n) is 5.76. The first-order valence-electron chi connectivity index (χ1n) is 9.63. The van der Waals surface area contributed by atoms with Gasteiger partial charge in [0.05, 0.1) is 17.2 Å². The molecule has 3 heterocycles. The predicted octanol–water partition coefficient (Wildman–Crippen LogP) is 1.04. The van der Waals surface area contributed by atoms with Crippen LogP contribution in [-0.4, -0.2) is 74.7 Å². The van der Waals surface area contributed by atoms with Crippen LogP contribution in [0, 0.1) is 0 Å². The van der Waals surface area contributed by atoms with E-state index in [0.29, 0.717) is 13.0 Å². The number of carbonyl (C=O) groups is 5. The van der Waals surface area contributed by atoms with Crippen molar-refractivity contribution in [1.29, 1.82) is 0 Å². The first kappa shape index (κ1) is 20.5. The number of ketones is 1. The van der Waals surface area contributed by atoms with E-state index in [1.165, 1.54) is 12.1 Å². The maximum atomic E-state index is 12.8. The lowest BCUT2D eigenvalue weighted by molar-refractivity contribution is -0.165. The Balaban J connectivity index is 1.57. The van der Waals surface area contributed by atoms with Gasteiger partial charge in [-0.1, -0.05) is 23.7 Å². The number of carbonyl (C=O) groups excluding carboxylic acids is 4. The highest BCUT2D eigenvalue weighted by Gasteiger charge is 2.58. The number of halogens is 1. The summed E-state index contributed by atoms with van der Waals surface area (Å²) in [6.45, 7) is 0.505. The second-order valence-electron chi connectivity index (χ2n) is 7.46. The molecule has 1 aromatic rings. The molecule has 1 unspecified atom stereocenters. The van der Waals surface area contributed by atoms with Crippen LogP contribution in [0.4, 0.5) is 0 Å². The molecule has 0 spiro atoms. The quantitative estimate of drug-likeness (QED) is 0.294. The Morgan fingerprint density at radius 2 is 1.80 bits per heavy atom. The Kier molecular flexibility index (Phi) is 5.33. The molecule has 2 saturated heterocycles. The number of rotatable bonds is 7. The molecule has 3 aliphatic rings. The molecule has 0 bridgehead atoms. The van der Waals surface area contributed by atoms with Crippen LogP contribution >= 0.6 is 11.6 Å². The first-order chi connectivity index (χ1) is 14.3. The smallest absolute Gasteiger partial charge is 0.342 e. The molecule has 0 saturated carbocycles. The SMILES string of the molecule is O=C(O)C(Cl)N1C(=O)[C@@H](N2C(=O)c3ccccc3C2=O)[C@H]1CCC(=O)[C@@H]1CCCO1. The van der Waals surface area contributed by atoms with E-state index in [4.69, 9.17) is 16.3 Å². The minimum Gasteiger partial charge on any atom is -0.479 e. The van der Waals surface area contributed by atoms with Crippen molar-refractivity contribution in [3.05, 3.63) is 35.4 Å². The molecule has 2 fully saturated rings. The molecule has 3 amide bonds. The van der Waals surface area contributed by atoms with Gasteiger partial charge in [-0.05, 0) is 31.4 Å². The van der Waals surface area contributed by atoms with Gasteiger partial charge < -0.3 is 14.7 Å². The Labute approximate surface area is 176 Å². The summed E-state index contributed by atoms with van der Waals surface area (Å²) >= 11 is 5.89. The summed E-state index contributed by atoms with van der Waals surface area (Å²) in [7, 11) is 0. The largest absolute Gasteiger partial charge is 0.479 e. The van der Waals surface area contributed by atoms with E-state index in [1.54, 1.807) is 12.1 Å². The number of β-lactam (4-membered cyclic amide) rings is 1. The topological polar surface area (TPSA) is 121 Å². The summed E-state index contributed by atoms with van der Waals surface area (Å²) in [4.78, 5) is 63.9. The van der Waals surface area contributed by atoms with Crippen LogP contribution in [0.2, 0.25) is 0 Å². The summed E-state index contributed by atoms with van der Waals surface area (Å²) in [5, 5.41) is 9.24. The van der Waals surface area contributed by atoms with Crippen molar-refractivity contribution >= 4 is 41.1 Å². The van der Waals surface area contributed by atoms with Crippen molar-refractivity contribution in [3.63, 3.8) is 0 Å². The average molecular weight is 435 g/mol. The van der Waals surface area contributed by atoms with E-state index in [2.05, 4.69) is 0 Å². The maximum Gasteiger partial charge on any atom is 0.342 e. The molecule has 10 heteroatoms. The number of imide groups is 1. The van der Waals surface area contributed by atoms with Crippen LogP contribution in [0.25, 0.3) is 0 Å². The molecule has 30 heavy (non-hydrogen) atoms. The lowest BCUT2D eigenvalue weighted by Gasteiger charge is -2.50. The standard InChI is InChI=1S/C20H19ClN2O7/c21-16(20(28)29)22-12(7-8-13(24)14-6-3-9-30-14)15(19(22)27)23-17(25)10-4-1-2-5-11(10)18(23)26/h1-2,4-5,12,14-16H,3,6-9H2,(H,28,29)/t12-,14+,15+,16?/m1/s1. The van der Waals surface area contributed by atoms with Gasteiger partial charge in [-0.2, -0.15) is 0 Å². The molecular weight excluding hydrogens is 416 g/mol. The number of benzene rings is 1. The Morgan fingerprint density at radius 1 is 1.17 bits per heavy atom. The summed E-state index contributed by atoms with van der Waals surface area (Å²) in [6, 6.07) is 4.14. The molecule has 0 aromatic heterocycles. The van der Waals surface area contributed by atoms with Gasteiger partial charge in [-0.25, -0.2) is 4.79 Å². The summed E-state index contributed by atoms with van der Waals surface area (Å²) in [6.07, 6.45) is 0.964. The predicted molar refractivity (Wildman–Crippen MR) is 102 cm³/mol. The van der Waals surface area contributed by atoms with Gasteiger partial charge in [0.2, 0.25) is 11.4 Å². The van der Waals surface area contributed by atoms with Crippen LogP contribution < -0.4 is 0 Å². The maximum absolute atomic E-state index is 12.8. The Bertz CT molecular complexity index is 908. The van der Waals surface area contributed by atoms with Gasteiger partial charge in [-0.3, -0.25) is 24.1 Å². The molecule has 0 aliphatic carbocycles. The van der Waals surface area contributed by atoms with E-state index in [1.807, 2.05) is 0 Å². The van der Waals surface area contributed by atoms with E-state index < -0.39 is 47.4 Å². The number of Topliss-reactive ketones (excluding diaryl/α,β-unsaturated/α-hetero) is 1. The van der Waals surface area contributed by atoms with Crippen molar-refractivity contribution in [2.24, 2.45) is 0 Å². The van der Waals surface area contributed by atoms with E-state index in [0.717, 1.165) is 16.2 Å². The number of fused-ring (bicyclic) bond motifs is 1. The highest BCUT2D eigenvalue weighted by atomic mass is 35.5. The molecular formula is C20H19ClN2O7. The molecule has 4 rings (SSSR count). The number of likely N-dealkylation sites (tertiary alicyclic amines) is 1. The first-order valence-corrected chi connectivity index (χ1v) is 10.1. The fourth-order valence-corrected chi connectivity index (χ4v) is 4.51. The molecule has 4 atom stereocenters. The molecule has 3 aliphatic heterocycles. The van der Waals surface area contributed by atoms with E-state index >= 15 is 0 Å². The second kappa shape index (κ2) is 7.81. The zero-order valence-electron chi connectivity index (χ0n) is 15.8. The van der Waals surface area contributed by atoms with Crippen molar-refractivity contribution in [1.82, 2.24) is 9.80 Å². The van der Waals surface area contributed by atoms with Gasteiger partial charge in [0, 0.05) is 13.0 Å². The molecule has 9 nitrogen and oxygen atoms in total. The minimum atomic E-state index is -1.66. The normalized spacial score (nSPS) is 26.6. The number of alkyl halides is 1. The van der Waals surface area contributed by atoms with Crippen LogP contribution in [0.5, 0.6) is 0 Å². The third kappa shape index (κ3) is 3.18. The number of ether oxygens (including phenoxy) is 1. The molecule has 0 radical (unpaired) electrons. The summed E-state index contributed by atoms with van der Waals surface area (Å²) < 4.78 is 5.37. The Hall–Kier alpha value is -2.78. The monoisotopic (exact) mass is 434 g/mol. The van der Waals surface area contributed by atoms with Gasteiger partial charge in [0.1, 0.15) is 12.1 Å². The van der Waals surface area contributed by atoms with E-state index in [-0.39, 0.29) is 29.8 Å². The number of carboxylic acid groups (broad SMARTS) is 1. The number of amides is 3. The average Bonchev–Trinajstić information content (AvgIpc) is 3.35. The molecule has 158 valence electrons. The van der Waals surface area contributed by atoms with Crippen LogP contribution in [-0.2, 0) is 19.1 Å². The molecule has 1 aromatic carbocycles. The fourth-order valence-electron chi connectivity index (χ4n) is 4.27. The zero-order chi connectivity index (χ0) is 21.6. The minimum absolute atomic E-state index is 0.0159. The van der Waals surface area contributed by atoms with Crippen molar-refractivity contribution < 1.29 is 33.8 Å². The number of hydrogen-bond acceptors (Lipinski definition) is 6. The third-order valence-corrected chi connectivity index (χ3v) is 6.15. The van der Waals surface area contributed by atoms with Crippen LogP contribution in [0.15, 0.2) is 24.3 Å². The number of nitrogens with zero attached hydrogens (tertiary/aromatic N) is 2.